The fourth-order valence-corrected chi connectivity index (χ4v) is 3.72. The molecule has 7 heteroatoms. The van der Waals surface area contributed by atoms with Crippen LogP contribution in [0.25, 0.3) is 5.65 Å². The summed E-state index contributed by atoms with van der Waals surface area (Å²) in [7, 11) is 0. The van der Waals surface area contributed by atoms with Gasteiger partial charge in [-0.3, -0.25) is 4.79 Å². The maximum absolute atomic E-state index is 12.5. The maximum atomic E-state index is 12.5. The van der Waals surface area contributed by atoms with Gasteiger partial charge in [0.1, 0.15) is 5.82 Å². The Morgan fingerprint density at radius 3 is 2.68 bits per heavy atom. The van der Waals surface area contributed by atoms with E-state index in [4.69, 9.17) is 0 Å². The molecule has 0 spiro atoms. The van der Waals surface area contributed by atoms with Gasteiger partial charge < -0.3 is 10.2 Å². The topological polar surface area (TPSA) is 75.4 Å². The molecule has 1 aromatic carbocycles. The Hall–Kier alpha value is -2.96. The number of anilines is 1. The van der Waals surface area contributed by atoms with Crippen LogP contribution in [0.3, 0.4) is 0 Å². The van der Waals surface area contributed by atoms with Crippen molar-refractivity contribution in [2.24, 2.45) is 5.92 Å². The van der Waals surface area contributed by atoms with Crippen LogP contribution < -0.4 is 10.2 Å². The lowest BCUT2D eigenvalue weighted by Crippen LogP contribution is -2.41. The standard InChI is InChI=1S/C21H26N6O/c1-16-23-24-19-9-10-20(25-27(16)19)26-14-11-18(12-15-26)21(28)22-13-5-8-17-6-3-2-4-7-17/h2-4,6-7,9-10,18H,5,8,11-15H2,1H3,(H,22,28). The van der Waals surface area contributed by atoms with Gasteiger partial charge in [0.15, 0.2) is 11.5 Å². The number of fused-ring (bicyclic) bond motifs is 1. The summed E-state index contributed by atoms with van der Waals surface area (Å²) in [5.41, 5.74) is 2.07. The first kappa shape index (κ1) is 18.4. The number of hydrogen-bond donors (Lipinski definition) is 1. The molecule has 1 amide bonds. The molecule has 1 aliphatic heterocycles. The van der Waals surface area contributed by atoms with Crippen molar-refractivity contribution in [2.45, 2.75) is 32.6 Å². The smallest absolute Gasteiger partial charge is 0.223 e. The van der Waals surface area contributed by atoms with Crippen molar-refractivity contribution in [3.63, 3.8) is 0 Å². The summed E-state index contributed by atoms with van der Waals surface area (Å²) < 4.78 is 1.76. The number of hydrogen-bond acceptors (Lipinski definition) is 5. The molecule has 2 aromatic heterocycles. The molecule has 0 radical (unpaired) electrons. The minimum atomic E-state index is 0.0911. The lowest BCUT2D eigenvalue weighted by atomic mass is 9.96. The Balaban J connectivity index is 1.24. The lowest BCUT2D eigenvalue weighted by Gasteiger charge is -2.32. The molecule has 0 saturated carbocycles. The van der Waals surface area contributed by atoms with Gasteiger partial charge in [0.2, 0.25) is 5.91 Å². The number of nitrogens with one attached hydrogen (secondary N) is 1. The van der Waals surface area contributed by atoms with Crippen molar-refractivity contribution in [1.82, 2.24) is 25.1 Å². The average molecular weight is 378 g/mol. The highest BCUT2D eigenvalue weighted by molar-refractivity contribution is 5.78. The molecule has 28 heavy (non-hydrogen) atoms. The van der Waals surface area contributed by atoms with Crippen LogP contribution in [-0.4, -0.2) is 45.4 Å². The van der Waals surface area contributed by atoms with Crippen LogP contribution in [0.15, 0.2) is 42.5 Å². The maximum Gasteiger partial charge on any atom is 0.223 e. The van der Waals surface area contributed by atoms with Crippen molar-refractivity contribution in [3.05, 3.63) is 53.9 Å². The van der Waals surface area contributed by atoms with Gasteiger partial charge in [-0.15, -0.1) is 15.3 Å². The zero-order valence-corrected chi connectivity index (χ0v) is 16.2. The average Bonchev–Trinajstić information content (AvgIpc) is 3.12. The SMILES string of the molecule is Cc1nnc2ccc(N3CCC(C(=O)NCCCc4ccccc4)CC3)nn12. The molecule has 0 bridgehead atoms. The molecule has 1 saturated heterocycles. The molecule has 3 aromatic rings. The summed E-state index contributed by atoms with van der Waals surface area (Å²) in [5, 5.41) is 15.9. The van der Waals surface area contributed by atoms with E-state index in [-0.39, 0.29) is 11.8 Å². The van der Waals surface area contributed by atoms with Crippen LogP contribution in [0, 0.1) is 12.8 Å². The van der Waals surface area contributed by atoms with E-state index in [9.17, 15) is 4.79 Å². The minimum absolute atomic E-state index is 0.0911. The van der Waals surface area contributed by atoms with Crippen LogP contribution in [0.1, 0.15) is 30.7 Å². The molecule has 1 N–H and O–H groups in total. The van der Waals surface area contributed by atoms with Crippen molar-refractivity contribution in [2.75, 3.05) is 24.5 Å². The Bertz CT molecular complexity index is 930. The van der Waals surface area contributed by atoms with Gasteiger partial charge in [0.25, 0.3) is 0 Å². The normalized spacial score (nSPS) is 15.1. The van der Waals surface area contributed by atoms with Gasteiger partial charge in [-0.05, 0) is 50.3 Å². The third kappa shape index (κ3) is 4.13. The van der Waals surface area contributed by atoms with Gasteiger partial charge in [-0.2, -0.15) is 4.52 Å². The monoisotopic (exact) mass is 378 g/mol. The number of nitrogens with zero attached hydrogens (tertiary/aromatic N) is 5. The number of amides is 1. The van der Waals surface area contributed by atoms with Gasteiger partial charge in [-0.25, -0.2) is 0 Å². The molecule has 1 aliphatic rings. The summed E-state index contributed by atoms with van der Waals surface area (Å²) in [6.07, 6.45) is 3.67. The first-order valence-electron chi connectivity index (χ1n) is 9.96. The first-order chi connectivity index (χ1) is 13.7. The van der Waals surface area contributed by atoms with Crippen molar-refractivity contribution in [1.29, 1.82) is 0 Å². The van der Waals surface area contributed by atoms with Gasteiger partial charge in [-0.1, -0.05) is 30.3 Å². The van der Waals surface area contributed by atoms with E-state index in [1.54, 1.807) is 4.52 Å². The first-order valence-corrected chi connectivity index (χ1v) is 9.96. The molecule has 0 unspecified atom stereocenters. The number of aryl methyl sites for hydroxylation is 2. The Kier molecular flexibility index (Phi) is 5.50. The second-order valence-corrected chi connectivity index (χ2v) is 7.35. The summed E-state index contributed by atoms with van der Waals surface area (Å²) in [6, 6.07) is 14.3. The van der Waals surface area contributed by atoms with Crippen LogP contribution >= 0.6 is 0 Å². The van der Waals surface area contributed by atoms with Crippen molar-refractivity contribution in [3.8, 4) is 0 Å². The van der Waals surface area contributed by atoms with E-state index in [0.29, 0.717) is 0 Å². The third-order valence-electron chi connectivity index (χ3n) is 5.38. The largest absolute Gasteiger partial charge is 0.356 e. The predicted octanol–water partition coefficient (Wildman–Crippen LogP) is 2.40. The number of aromatic nitrogens is 4. The zero-order chi connectivity index (χ0) is 19.3. The molecule has 0 atom stereocenters. The molecule has 4 rings (SSSR count). The van der Waals surface area contributed by atoms with Gasteiger partial charge >= 0.3 is 0 Å². The highest BCUT2D eigenvalue weighted by Gasteiger charge is 2.25. The van der Waals surface area contributed by atoms with E-state index in [2.05, 4.69) is 49.8 Å². The van der Waals surface area contributed by atoms with Crippen LogP contribution in [0.2, 0.25) is 0 Å². The number of benzene rings is 1. The lowest BCUT2D eigenvalue weighted by molar-refractivity contribution is -0.125. The van der Waals surface area contributed by atoms with Crippen LogP contribution in [0.5, 0.6) is 0 Å². The number of rotatable bonds is 6. The number of piperidine rings is 1. The van der Waals surface area contributed by atoms with Crippen LogP contribution in [0.4, 0.5) is 5.82 Å². The predicted molar refractivity (Wildman–Crippen MR) is 108 cm³/mol. The highest BCUT2D eigenvalue weighted by atomic mass is 16.1. The molecule has 0 aliphatic carbocycles. The summed E-state index contributed by atoms with van der Waals surface area (Å²) in [5.74, 6) is 1.97. The van der Waals surface area contributed by atoms with Crippen LogP contribution in [-0.2, 0) is 11.2 Å². The van der Waals surface area contributed by atoms with E-state index in [0.717, 1.165) is 62.6 Å². The van der Waals surface area contributed by atoms with Crippen molar-refractivity contribution < 1.29 is 4.79 Å². The van der Waals surface area contributed by atoms with E-state index < -0.39 is 0 Å². The fourth-order valence-electron chi connectivity index (χ4n) is 3.72. The van der Waals surface area contributed by atoms with E-state index in [1.165, 1.54) is 5.56 Å². The number of carbonyl (C=O) groups excluding carboxylic acids is 1. The second-order valence-electron chi connectivity index (χ2n) is 7.35. The highest BCUT2D eigenvalue weighted by Crippen LogP contribution is 2.22. The molecule has 146 valence electrons. The molecule has 1 fully saturated rings. The quantitative estimate of drug-likeness (QED) is 0.667. The summed E-state index contributed by atoms with van der Waals surface area (Å²) in [6.45, 7) is 4.30. The second kappa shape index (κ2) is 8.37. The Morgan fingerprint density at radius 2 is 1.89 bits per heavy atom. The van der Waals surface area contributed by atoms with Gasteiger partial charge in [0, 0.05) is 25.6 Å². The molecular formula is C21H26N6O. The minimum Gasteiger partial charge on any atom is -0.356 e. The van der Waals surface area contributed by atoms with E-state index >= 15 is 0 Å². The number of carbonyl (C=O) groups is 1. The van der Waals surface area contributed by atoms with E-state index in [1.807, 2.05) is 25.1 Å². The molecule has 3 heterocycles. The Labute approximate surface area is 164 Å². The van der Waals surface area contributed by atoms with Crippen molar-refractivity contribution >= 4 is 17.4 Å². The molecule has 7 nitrogen and oxygen atoms in total. The van der Waals surface area contributed by atoms with Gasteiger partial charge in [0.05, 0.1) is 0 Å². The zero-order valence-electron chi connectivity index (χ0n) is 16.2. The molecular weight excluding hydrogens is 352 g/mol. The fraction of sp³-hybridized carbons (Fsp3) is 0.429. The Morgan fingerprint density at radius 1 is 1.11 bits per heavy atom. The third-order valence-corrected chi connectivity index (χ3v) is 5.38. The summed E-state index contributed by atoms with van der Waals surface area (Å²) >= 11 is 0. The summed E-state index contributed by atoms with van der Waals surface area (Å²) in [4.78, 5) is 14.7.